The normalized spacial score (nSPS) is 15.2. The molecule has 0 aromatic rings. The Balaban J connectivity index is 0. The average molecular weight is 174 g/mol. The highest BCUT2D eigenvalue weighted by atomic mass is 16.5. The lowest BCUT2D eigenvalue weighted by atomic mass is 10.2. The topological polar surface area (TPSA) is 9.23 Å². The molecule has 1 nitrogen and oxygen atoms in total. The van der Waals surface area contributed by atoms with Crippen LogP contribution in [0.25, 0.3) is 0 Å². The molecular weight excluding hydrogens is 148 g/mol. The molecule has 0 bridgehead atoms. The van der Waals surface area contributed by atoms with Gasteiger partial charge in [-0.25, -0.2) is 0 Å². The van der Waals surface area contributed by atoms with Crippen LogP contribution in [0.5, 0.6) is 0 Å². The van der Waals surface area contributed by atoms with Crippen molar-refractivity contribution in [3.8, 4) is 0 Å². The lowest BCUT2D eigenvalue weighted by Crippen LogP contribution is -2.23. The second-order valence-corrected chi connectivity index (χ2v) is 3.44. The fourth-order valence-electron chi connectivity index (χ4n) is 0.354. The van der Waals surface area contributed by atoms with Gasteiger partial charge in [0.2, 0.25) is 0 Å². The van der Waals surface area contributed by atoms with Gasteiger partial charge >= 0.3 is 0 Å². The molecule has 0 N–H and O–H groups in total. The summed E-state index contributed by atoms with van der Waals surface area (Å²) in [6, 6.07) is 0. The number of ether oxygens (including phenoxy) is 1. The summed E-state index contributed by atoms with van der Waals surface area (Å²) in [4.78, 5) is 0. The smallest absolute Gasteiger partial charge is 0.0513 e. The van der Waals surface area contributed by atoms with E-state index in [2.05, 4.69) is 27.7 Å². The lowest BCUT2D eigenvalue weighted by Gasteiger charge is -2.20. The van der Waals surface area contributed by atoms with Crippen molar-refractivity contribution in [2.75, 3.05) is 13.2 Å². The molecular formula is C11H26O. The summed E-state index contributed by atoms with van der Waals surface area (Å²) >= 11 is 0. The standard InChI is InChI=1S/C5H12.C4H8O.C2H6/c1-4-5(2)3;1-4-2-5-3-4;1-2/h5H,4H2,1-3H3;4H,2-3H2,1H3;1-2H3. The van der Waals surface area contributed by atoms with Gasteiger partial charge in [0.25, 0.3) is 0 Å². The van der Waals surface area contributed by atoms with Crippen LogP contribution in [0.4, 0.5) is 0 Å². The Kier molecular flexibility index (Phi) is 13.2. The highest BCUT2D eigenvalue weighted by molar-refractivity contribution is 4.56. The molecule has 1 aliphatic heterocycles. The first-order valence-electron chi connectivity index (χ1n) is 5.24. The highest BCUT2D eigenvalue weighted by Gasteiger charge is 2.09. The third-order valence-corrected chi connectivity index (χ3v) is 1.62. The van der Waals surface area contributed by atoms with E-state index < -0.39 is 0 Å². The molecule has 1 heterocycles. The highest BCUT2D eigenvalue weighted by Crippen LogP contribution is 2.05. The van der Waals surface area contributed by atoms with Gasteiger partial charge in [-0.15, -0.1) is 0 Å². The fourth-order valence-corrected chi connectivity index (χ4v) is 0.354. The van der Waals surface area contributed by atoms with Crippen LogP contribution >= 0.6 is 0 Å². The van der Waals surface area contributed by atoms with Crippen molar-refractivity contribution in [2.45, 2.75) is 48.0 Å². The summed E-state index contributed by atoms with van der Waals surface area (Å²) in [6.07, 6.45) is 1.31. The third-order valence-electron chi connectivity index (χ3n) is 1.62. The van der Waals surface area contributed by atoms with Crippen molar-refractivity contribution < 1.29 is 4.74 Å². The van der Waals surface area contributed by atoms with Gasteiger partial charge in [0.05, 0.1) is 13.2 Å². The molecule has 1 rings (SSSR count). The van der Waals surface area contributed by atoms with Crippen LogP contribution in [0.1, 0.15) is 48.0 Å². The predicted molar refractivity (Wildman–Crippen MR) is 56.5 cm³/mol. The second-order valence-electron chi connectivity index (χ2n) is 3.44. The average Bonchev–Trinajstić information content (AvgIpc) is 2.05. The van der Waals surface area contributed by atoms with Crippen LogP contribution in [-0.4, -0.2) is 13.2 Å². The first kappa shape index (κ1) is 14.5. The van der Waals surface area contributed by atoms with Gasteiger partial charge in [-0.2, -0.15) is 0 Å². The monoisotopic (exact) mass is 174 g/mol. The molecule has 0 spiro atoms. The largest absolute Gasteiger partial charge is 0.381 e. The Morgan fingerprint density at radius 1 is 1.25 bits per heavy atom. The van der Waals surface area contributed by atoms with Crippen molar-refractivity contribution in [1.29, 1.82) is 0 Å². The maximum absolute atomic E-state index is 4.83. The Labute approximate surface area is 78.5 Å². The molecule has 0 radical (unpaired) electrons. The van der Waals surface area contributed by atoms with Gasteiger partial charge in [0.1, 0.15) is 0 Å². The molecule has 0 aliphatic carbocycles. The van der Waals surface area contributed by atoms with Crippen LogP contribution in [0, 0.1) is 11.8 Å². The van der Waals surface area contributed by atoms with E-state index in [1.165, 1.54) is 6.42 Å². The molecule has 1 saturated heterocycles. The first-order chi connectivity index (χ1) is 5.66. The van der Waals surface area contributed by atoms with E-state index >= 15 is 0 Å². The van der Waals surface area contributed by atoms with Gasteiger partial charge in [-0.1, -0.05) is 48.0 Å². The molecule has 1 fully saturated rings. The SMILES string of the molecule is CC.CC1COC1.CCC(C)C. The molecule has 0 unspecified atom stereocenters. The van der Waals surface area contributed by atoms with Gasteiger partial charge in [-0.05, 0) is 5.92 Å². The molecule has 0 atom stereocenters. The zero-order valence-corrected chi connectivity index (χ0v) is 9.68. The summed E-state index contributed by atoms with van der Waals surface area (Å²) in [5.74, 6) is 1.73. The van der Waals surface area contributed by atoms with Crippen LogP contribution in [-0.2, 0) is 4.74 Å². The number of hydrogen-bond acceptors (Lipinski definition) is 1. The van der Waals surface area contributed by atoms with Crippen LogP contribution in [0.3, 0.4) is 0 Å². The minimum atomic E-state index is 0.843. The maximum Gasteiger partial charge on any atom is 0.0513 e. The van der Waals surface area contributed by atoms with E-state index in [-0.39, 0.29) is 0 Å². The van der Waals surface area contributed by atoms with Crippen LogP contribution in [0.15, 0.2) is 0 Å². The summed E-state index contributed by atoms with van der Waals surface area (Å²) < 4.78 is 4.83. The Bertz CT molecular complexity index is 61.4. The van der Waals surface area contributed by atoms with Crippen molar-refractivity contribution >= 4 is 0 Å². The number of rotatable bonds is 1. The minimum Gasteiger partial charge on any atom is -0.381 e. The summed E-state index contributed by atoms with van der Waals surface area (Å²) in [5.41, 5.74) is 0. The molecule has 1 heteroatoms. The van der Waals surface area contributed by atoms with E-state index in [9.17, 15) is 0 Å². The molecule has 1 aliphatic rings. The summed E-state index contributed by atoms with van der Waals surface area (Å²) in [7, 11) is 0. The van der Waals surface area contributed by atoms with Crippen molar-refractivity contribution in [3.05, 3.63) is 0 Å². The molecule has 0 aromatic heterocycles. The minimum absolute atomic E-state index is 0.843. The predicted octanol–water partition coefficient (Wildman–Crippen LogP) is 3.73. The summed E-state index contributed by atoms with van der Waals surface area (Å²) in [6.45, 7) is 14.8. The van der Waals surface area contributed by atoms with Crippen molar-refractivity contribution in [3.63, 3.8) is 0 Å². The van der Waals surface area contributed by atoms with Crippen molar-refractivity contribution in [2.24, 2.45) is 11.8 Å². The van der Waals surface area contributed by atoms with E-state index in [1.807, 2.05) is 13.8 Å². The first-order valence-corrected chi connectivity index (χ1v) is 5.24. The van der Waals surface area contributed by atoms with Gasteiger partial charge in [-0.3, -0.25) is 0 Å². The van der Waals surface area contributed by atoms with Crippen LogP contribution < -0.4 is 0 Å². The molecule has 0 aromatic carbocycles. The van der Waals surface area contributed by atoms with Crippen molar-refractivity contribution in [1.82, 2.24) is 0 Å². The van der Waals surface area contributed by atoms with Gasteiger partial charge in [0.15, 0.2) is 0 Å². The van der Waals surface area contributed by atoms with Gasteiger partial charge in [0, 0.05) is 5.92 Å². The van der Waals surface area contributed by atoms with E-state index in [1.54, 1.807) is 0 Å². The third kappa shape index (κ3) is 12.6. The van der Waals surface area contributed by atoms with E-state index in [0.29, 0.717) is 0 Å². The molecule has 12 heavy (non-hydrogen) atoms. The molecule has 76 valence electrons. The lowest BCUT2D eigenvalue weighted by molar-refractivity contribution is -0.0221. The second kappa shape index (κ2) is 11.0. The maximum atomic E-state index is 4.83. The van der Waals surface area contributed by atoms with Gasteiger partial charge < -0.3 is 4.74 Å². The number of hydrogen-bond donors (Lipinski definition) is 0. The Morgan fingerprint density at radius 3 is 1.50 bits per heavy atom. The van der Waals surface area contributed by atoms with E-state index in [0.717, 1.165) is 25.0 Å². The molecule has 0 saturated carbocycles. The van der Waals surface area contributed by atoms with Crippen LogP contribution in [0.2, 0.25) is 0 Å². The molecule has 0 amide bonds. The van der Waals surface area contributed by atoms with E-state index in [4.69, 9.17) is 4.74 Å². The Hall–Kier alpha value is -0.0400. The zero-order chi connectivity index (χ0) is 9.98. The quantitative estimate of drug-likeness (QED) is 0.588. The Morgan fingerprint density at radius 2 is 1.50 bits per heavy atom. The fraction of sp³-hybridized carbons (Fsp3) is 1.00. The summed E-state index contributed by atoms with van der Waals surface area (Å²) in [5, 5.41) is 0. The zero-order valence-electron chi connectivity index (χ0n) is 9.68.